The molecule has 19 heavy (non-hydrogen) atoms. The van der Waals surface area contributed by atoms with Crippen LogP contribution < -0.4 is 15.8 Å². The summed E-state index contributed by atoms with van der Waals surface area (Å²) in [5.74, 6) is 0.299. The summed E-state index contributed by atoms with van der Waals surface area (Å²) in [5, 5.41) is 2.85. The zero-order valence-corrected chi connectivity index (χ0v) is 11.6. The second-order valence-electron chi connectivity index (χ2n) is 4.11. The number of nitrogens with two attached hydrogens (primary N) is 1. The SMILES string of the molecule is CCOc1c(N)cccc1C(=O)NCCCCOC. The number of unbranched alkanes of at least 4 members (excludes halogenated alkanes) is 1. The number of para-hydroxylation sites is 1. The molecule has 5 nitrogen and oxygen atoms in total. The monoisotopic (exact) mass is 266 g/mol. The maximum Gasteiger partial charge on any atom is 0.255 e. The van der Waals surface area contributed by atoms with Crippen molar-refractivity contribution >= 4 is 11.6 Å². The number of nitrogens with one attached hydrogen (secondary N) is 1. The van der Waals surface area contributed by atoms with Crippen molar-refractivity contribution < 1.29 is 14.3 Å². The number of benzene rings is 1. The topological polar surface area (TPSA) is 73.6 Å². The van der Waals surface area contributed by atoms with Gasteiger partial charge in [0.1, 0.15) is 0 Å². The minimum absolute atomic E-state index is 0.159. The first-order chi connectivity index (χ1) is 9.20. The van der Waals surface area contributed by atoms with Gasteiger partial charge in [-0.25, -0.2) is 0 Å². The van der Waals surface area contributed by atoms with E-state index in [9.17, 15) is 4.79 Å². The van der Waals surface area contributed by atoms with Crippen molar-refractivity contribution in [3.8, 4) is 5.75 Å². The summed E-state index contributed by atoms with van der Waals surface area (Å²) in [7, 11) is 1.67. The zero-order chi connectivity index (χ0) is 14.1. The van der Waals surface area contributed by atoms with Gasteiger partial charge in [0, 0.05) is 20.3 Å². The van der Waals surface area contributed by atoms with Crippen molar-refractivity contribution in [2.45, 2.75) is 19.8 Å². The molecule has 0 bridgehead atoms. The maximum absolute atomic E-state index is 12.0. The van der Waals surface area contributed by atoms with Gasteiger partial charge in [0.15, 0.2) is 5.75 Å². The Labute approximate surface area is 114 Å². The van der Waals surface area contributed by atoms with Crippen molar-refractivity contribution in [1.29, 1.82) is 0 Å². The Morgan fingerprint density at radius 2 is 2.16 bits per heavy atom. The van der Waals surface area contributed by atoms with E-state index in [-0.39, 0.29) is 5.91 Å². The number of methoxy groups -OCH3 is 1. The molecule has 0 atom stereocenters. The highest BCUT2D eigenvalue weighted by Gasteiger charge is 2.14. The fraction of sp³-hybridized carbons (Fsp3) is 0.500. The summed E-state index contributed by atoms with van der Waals surface area (Å²) in [4.78, 5) is 12.0. The van der Waals surface area contributed by atoms with Crippen LogP contribution in [0.15, 0.2) is 18.2 Å². The molecule has 0 saturated heterocycles. The fourth-order valence-electron chi connectivity index (χ4n) is 1.71. The Morgan fingerprint density at radius 1 is 1.37 bits per heavy atom. The van der Waals surface area contributed by atoms with Crippen molar-refractivity contribution in [3.63, 3.8) is 0 Å². The lowest BCUT2D eigenvalue weighted by atomic mass is 10.1. The molecule has 0 aliphatic rings. The first kappa shape index (κ1) is 15.3. The minimum Gasteiger partial charge on any atom is -0.491 e. The van der Waals surface area contributed by atoms with Crippen LogP contribution in [0.2, 0.25) is 0 Å². The lowest BCUT2D eigenvalue weighted by Crippen LogP contribution is -2.25. The molecule has 0 saturated carbocycles. The highest BCUT2D eigenvalue weighted by Crippen LogP contribution is 2.26. The van der Waals surface area contributed by atoms with Crippen molar-refractivity contribution in [3.05, 3.63) is 23.8 Å². The van der Waals surface area contributed by atoms with Crippen LogP contribution in [0.5, 0.6) is 5.75 Å². The van der Waals surface area contributed by atoms with Crippen LogP contribution in [0.4, 0.5) is 5.69 Å². The Hall–Kier alpha value is -1.75. The zero-order valence-electron chi connectivity index (χ0n) is 11.6. The molecule has 106 valence electrons. The molecule has 0 aliphatic heterocycles. The van der Waals surface area contributed by atoms with E-state index in [1.54, 1.807) is 25.3 Å². The number of anilines is 1. The van der Waals surface area contributed by atoms with E-state index in [1.807, 2.05) is 6.92 Å². The van der Waals surface area contributed by atoms with E-state index in [1.165, 1.54) is 0 Å². The molecule has 5 heteroatoms. The third-order valence-electron chi connectivity index (χ3n) is 2.64. The Bertz CT molecular complexity index is 408. The van der Waals surface area contributed by atoms with E-state index in [0.29, 0.717) is 36.8 Å². The molecule has 3 N–H and O–H groups in total. The smallest absolute Gasteiger partial charge is 0.255 e. The summed E-state index contributed by atoms with van der Waals surface area (Å²) >= 11 is 0. The molecule has 0 aromatic heterocycles. The molecular weight excluding hydrogens is 244 g/mol. The molecule has 0 heterocycles. The normalized spacial score (nSPS) is 10.2. The van der Waals surface area contributed by atoms with Gasteiger partial charge in [0.2, 0.25) is 0 Å². The average molecular weight is 266 g/mol. The summed E-state index contributed by atoms with van der Waals surface area (Å²) in [6.45, 7) is 3.65. The van der Waals surface area contributed by atoms with Crippen molar-refractivity contribution in [2.75, 3.05) is 32.6 Å². The number of nitrogen functional groups attached to an aromatic ring is 1. The Kier molecular flexibility index (Phi) is 6.74. The number of carbonyl (C=O) groups excluding carboxylic acids is 1. The van der Waals surface area contributed by atoms with Gasteiger partial charge in [-0.1, -0.05) is 6.07 Å². The lowest BCUT2D eigenvalue weighted by molar-refractivity contribution is 0.0947. The highest BCUT2D eigenvalue weighted by atomic mass is 16.5. The van der Waals surface area contributed by atoms with Gasteiger partial charge in [-0.15, -0.1) is 0 Å². The number of hydrogen-bond acceptors (Lipinski definition) is 4. The maximum atomic E-state index is 12.0. The molecule has 1 rings (SSSR count). The number of hydrogen-bond donors (Lipinski definition) is 2. The van der Waals surface area contributed by atoms with Crippen LogP contribution in [0.3, 0.4) is 0 Å². The number of carbonyl (C=O) groups is 1. The Morgan fingerprint density at radius 3 is 2.84 bits per heavy atom. The molecule has 0 aliphatic carbocycles. The summed E-state index contributed by atoms with van der Waals surface area (Å²) < 4.78 is 10.4. The van der Waals surface area contributed by atoms with Gasteiger partial charge in [0.05, 0.1) is 17.9 Å². The van der Waals surface area contributed by atoms with Gasteiger partial charge in [-0.2, -0.15) is 0 Å². The van der Waals surface area contributed by atoms with Crippen LogP contribution in [0.25, 0.3) is 0 Å². The first-order valence-electron chi connectivity index (χ1n) is 6.49. The standard InChI is InChI=1S/C14H22N2O3/c1-3-19-13-11(7-6-8-12(13)15)14(17)16-9-4-5-10-18-2/h6-8H,3-5,9-10,15H2,1-2H3,(H,16,17). The molecule has 0 fully saturated rings. The molecule has 1 amide bonds. The van der Waals surface area contributed by atoms with Gasteiger partial charge in [0.25, 0.3) is 5.91 Å². The van der Waals surface area contributed by atoms with Crippen LogP contribution in [-0.2, 0) is 4.74 Å². The van der Waals surface area contributed by atoms with Crippen LogP contribution >= 0.6 is 0 Å². The summed E-state index contributed by atoms with van der Waals surface area (Å²) in [6.07, 6.45) is 1.80. The second kappa shape index (κ2) is 8.37. The van der Waals surface area contributed by atoms with E-state index >= 15 is 0 Å². The van der Waals surface area contributed by atoms with E-state index in [0.717, 1.165) is 12.8 Å². The Balaban J connectivity index is 2.58. The lowest BCUT2D eigenvalue weighted by Gasteiger charge is -2.12. The quantitative estimate of drug-likeness (QED) is 0.556. The van der Waals surface area contributed by atoms with E-state index in [2.05, 4.69) is 5.32 Å². The predicted octanol–water partition coefficient (Wildman–Crippen LogP) is 1.82. The van der Waals surface area contributed by atoms with Crippen molar-refractivity contribution in [2.24, 2.45) is 0 Å². The molecule has 0 radical (unpaired) electrons. The third kappa shape index (κ3) is 4.79. The van der Waals surface area contributed by atoms with Crippen LogP contribution in [0.1, 0.15) is 30.1 Å². The van der Waals surface area contributed by atoms with E-state index < -0.39 is 0 Å². The average Bonchev–Trinajstić information content (AvgIpc) is 2.41. The third-order valence-corrected chi connectivity index (χ3v) is 2.64. The number of rotatable bonds is 8. The fourth-order valence-corrected chi connectivity index (χ4v) is 1.71. The molecule has 0 unspecified atom stereocenters. The highest BCUT2D eigenvalue weighted by molar-refractivity contribution is 5.98. The van der Waals surface area contributed by atoms with Crippen LogP contribution in [0, 0.1) is 0 Å². The largest absolute Gasteiger partial charge is 0.491 e. The summed E-state index contributed by atoms with van der Waals surface area (Å²) in [5.41, 5.74) is 6.78. The van der Waals surface area contributed by atoms with Gasteiger partial charge < -0.3 is 20.5 Å². The predicted molar refractivity (Wildman–Crippen MR) is 75.5 cm³/mol. The second-order valence-corrected chi connectivity index (χ2v) is 4.11. The molecule has 1 aromatic rings. The molecule has 1 aromatic carbocycles. The number of amides is 1. The van der Waals surface area contributed by atoms with Crippen LogP contribution in [-0.4, -0.2) is 32.8 Å². The molecule has 0 spiro atoms. The van der Waals surface area contributed by atoms with Gasteiger partial charge in [-0.3, -0.25) is 4.79 Å². The van der Waals surface area contributed by atoms with Gasteiger partial charge in [-0.05, 0) is 31.9 Å². The number of ether oxygens (including phenoxy) is 2. The molecular formula is C14H22N2O3. The van der Waals surface area contributed by atoms with Crippen molar-refractivity contribution in [1.82, 2.24) is 5.32 Å². The first-order valence-corrected chi connectivity index (χ1v) is 6.49. The minimum atomic E-state index is -0.159. The van der Waals surface area contributed by atoms with Gasteiger partial charge >= 0.3 is 0 Å². The van der Waals surface area contributed by atoms with E-state index in [4.69, 9.17) is 15.2 Å². The summed E-state index contributed by atoms with van der Waals surface area (Å²) in [6, 6.07) is 5.18.